The van der Waals surface area contributed by atoms with Crippen molar-refractivity contribution in [3.8, 4) is 0 Å². The molecule has 0 spiro atoms. The van der Waals surface area contributed by atoms with Gasteiger partial charge in [-0.05, 0) is 81.0 Å². The molecule has 1 aliphatic heterocycles. The minimum Gasteiger partial charge on any atom is -0.399 e. The second kappa shape index (κ2) is 10.5. The fraction of sp³-hybridized carbons (Fsp3) is 0.333. The van der Waals surface area contributed by atoms with Crippen LogP contribution < -0.4 is 16.4 Å². The number of piperidine rings is 1. The first kappa shape index (κ1) is 24.2. The van der Waals surface area contributed by atoms with E-state index < -0.39 is 0 Å². The molecule has 0 unspecified atom stereocenters. The zero-order valence-corrected chi connectivity index (χ0v) is 20.4. The number of benzene rings is 1. The van der Waals surface area contributed by atoms with Crippen molar-refractivity contribution in [3.63, 3.8) is 0 Å². The van der Waals surface area contributed by atoms with Crippen LogP contribution in [0.15, 0.2) is 54.9 Å². The van der Waals surface area contributed by atoms with Gasteiger partial charge in [0.25, 0.3) is 11.8 Å². The van der Waals surface area contributed by atoms with E-state index in [1.165, 1.54) is 11.8 Å². The van der Waals surface area contributed by atoms with Crippen LogP contribution in [0.3, 0.4) is 0 Å². The SMILES string of the molecule is Cc1cnc(C(=O)N2CCC(c3ccc(N)cc3)CC2)cc1NC(=O)c1ccc(NC(C)C)nc1. The maximum Gasteiger partial charge on any atom is 0.272 e. The normalized spacial score (nSPS) is 14.1. The van der Waals surface area contributed by atoms with Gasteiger partial charge in [-0.3, -0.25) is 14.6 Å². The number of aryl methyl sites for hydroxylation is 1. The average Bonchev–Trinajstić information content (AvgIpc) is 2.85. The molecular weight excluding hydrogens is 440 g/mol. The molecule has 3 aromatic rings. The Kier molecular flexibility index (Phi) is 7.29. The largest absolute Gasteiger partial charge is 0.399 e. The third kappa shape index (κ3) is 5.95. The number of rotatable bonds is 6. The summed E-state index contributed by atoms with van der Waals surface area (Å²) in [6, 6.07) is 13.4. The molecule has 0 bridgehead atoms. The fourth-order valence-corrected chi connectivity index (χ4v) is 4.23. The van der Waals surface area contributed by atoms with Crippen molar-refractivity contribution in [2.75, 3.05) is 29.5 Å². The number of nitrogens with one attached hydrogen (secondary N) is 2. The summed E-state index contributed by atoms with van der Waals surface area (Å²) in [4.78, 5) is 36.4. The number of nitrogen functional groups attached to an aromatic ring is 1. The molecule has 1 aliphatic rings. The van der Waals surface area contributed by atoms with E-state index >= 15 is 0 Å². The summed E-state index contributed by atoms with van der Waals surface area (Å²) in [5.41, 5.74) is 9.92. The monoisotopic (exact) mass is 472 g/mol. The second-order valence-electron chi connectivity index (χ2n) is 9.30. The Hall–Kier alpha value is -3.94. The molecule has 35 heavy (non-hydrogen) atoms. The van der Waals surface area contributed by atoms with E-state index in [1.807, 2.05) is 37.8 Å². The summed E-state index contributed by atoms with van der Waals surface area (Å²) >= 11 is 0. The molecule has 0 aliphatic carbocycles. The van der Waals surface area contributed by atoms with Crippen LogP contribution >= 0.6 is 0 Å². The lowest BCUT2D eigenvalue weighted by molar-refractivity contribution is 0.0706. The topological polar surface area (TPSA) is 113 Å². The first-order chi connectivity index (χ1) is 16.8. The van der Waals surface area contributed by atoms with Crippen molar-refractivity contribution in [3.05, 3.63) is 77.2 Å². The van der Waals surface area contributed by atoms with Crippen LogP contribution in [0.2, 0.25) is 0 Å². The molecule has 1 aromatic carbocycles. The van der Waals surface area contributed by atoms with Gasteiger partial charge in [-0.25, -0.2) is 4.98 Å². The minimum absolute atomic E-state index is 0.123. The smallest absolute Gasteiger partial charge is 0.272 e. The second-order valence-corrected chi connectivity index (χ2v) is 9.30. The summed E-state index contributed by atoms with van der Waals surface area (Å²) in [6.07, 6.45) is 4.94. The third-order valence-corrected chi connectivity index (χ3v) is 6.22. The molecule has 0 saturated carbocycles. The van der Waals surface area contributed by atoms with Crippen LogP contribution in [0.1, 0.15) is 64.6 Å². The molecule has 1 fully saturated rings. The highest BCUT2D eigenvalue weighted by molar-refractivity contribution is 6.05. The summed E-state index contributed by atoms with van der Waals surface area (Å²) in [5.74, 6) is 0.716. The number of pyridine rings is 2. The van der Waals surface area contributed by atoms with E-state index in [0.717, 1.165) is 24.1 Å². The Balaban J connectivity index is 1.40. The van der Waals surface area contributed by atoms with E-state index in [4.69, 9.17) is 5.73 Å². The quantitative estimate of drug-likeness (QED) is 0.457. The zero-order chi connectivity index (χ0) is 24.9. The van der Waals surface area contributed by atoms with Gasteiger partial charge in [0.15, 0.2) is 0 Å². The zero-order valence-electron chi connectivity index (χ0n) is 20.4. The number of likely N-dealkylation sites (tertiary alicyclic amines) is 1. The first-order valence-electron chi connectivity index (χ1n) is 12.0. The van der Waals surface area contributed by atoms with Crippen molar-refractivity contribution < 1.29 is 9.59 Å². The predicted octanol–water partition coefficient (Wildman–Crippen LogP) is 4.46. The van der Waals surface area contributed by atoms with Crippen molar-refractivity contribution in [2.24, 2.45) is 0 Å². The summed E-state index contributed by atoms with van der Waals surface area (Å²) in [5, 5.41) is 6.09. The van der Waals surface area contributed by atoms with Gasteiger partial charge in [-0.1, -0.05) is 12.1 Å². The van der Waals surface area contributed by atoms with Crippen molar-refractivity contribution in [1.29, 1.82) is 0 Å². The number of carbonyl (C=O) groups is 2. The van der Waals surface area contributed by atoms with E-state index in [0.29, 0.717) is 41.8 Å². The van der Waals surface area contributed by atoms with Gasteiger partial charge in [-0.2, -0.15) is 0 Å². The Morgan fingerprint density at radius 2 is 1.74 bits per heavy atom. The molecule has 3 heterocycles. The van der Waals surface area contributed by atoms with Gasteiger partial charge in [0.05, 0.1) is 5.56 Å². The van der Waals surface area contributed by atoms with Crippen molar-refractivity contribution in [1.82, 2.24) is 14.9 Å². The van der Waals surface area contributed by atoms with Crippen molar-refractivity contribution in [2.45, 2.75) is 45.6 Å². The minimum atomic E-state index is -0.286. The highest BCUT2D eigenvalue weighted by atomic mass is 16.2. The van der Waals surface area contributed by atoms with E-state index in [1.54, 1.807) is 24.4 Å². The van der Waals surface area contributed by atoms with Gasteiger partial charge in [0, 0.05) is 42.9 Å². The lowest BCUT2D eigenvalue weighted by Gasteiger charge is -2.32. The molecule has 2 amide bonds. The van der Waals surface area contributed by atoms with Gasteiger partial charge in [0.2, 0.25) is 0 Å². The molecule has 0 atom stereocenters. The van der Waals surface area contributed by atoms with E-state index in [9.17, 15) is 9.59 Å². The van der Waals surface area contributed by atoms with Gasteiger partial charge in [0.1, 0.15) is 11.5 Å². The lowest BCUT2D eigenvalue weighted by Crippen LogP contribution is -2.38. The molecule has 2 aromatic heterocycles. The molecule has 8 nitrogen and oxygen atoms in total. The number of amides is 2. The number of carbonyl (C=O) groups excluding carboxylic acids is 2. The van der Waals surface area contributed by atoms with Crippen LogP contribution in [0.25, 0.3) is 0 Å². The predicted molar refractivity (Wildman–Crippen MR) is 139 cm³/mol. The summed E-state index contributed by atoms with van der Waals surface area (Å²) in [7, 11) is 0. The fourth-order valence-electron chi connectivity index (χ4n) is 4.23. The molecule has 4 N–H and O–H groups in total. The standard InChI is InChI=1S/C27H32N6O2/c1-17(2)31-25-9-6-21(16-30-25)26(34)32-23-14-24(29-15-18(23)3)27(35)33-12-10-20(11-13-33)19-4-7-22(28)8-5-19/h4-9,14-17,20H,10-13,28H2,1-3H3,(H,30,31)(H,29,32,34). The number of hydrogen-bond donors (Lipinski definition) is 3. The number of hydrogen-bond acceptors (Lipinski definition) is 6. The van der Waals surface area contributed by atoms with Crippen LogP contribution in [0.5, 0.6) is 0 Å². The first-order valence-corrected chi connectivity index (χ1v) is 12.0. The highest BCUT2D eigenvalue weighted by Crippen LogP contribution is 2.29. The maximum absolute atomic E-state index is 13.1. The van der Waals surface area contributed by atoms with Crippen LogP contribution in [0, 0.1) is 6.92 Å². The molecule has 4 rings (SSSR count). The van der Waals surface area contributed by atoms with Gasteiger partial charge < -0.3 is 21.3 Å². The van der Waals surface area contributed by atoms with E-state index in [2.05, 4.69) is 32.7 Å². The molecule has 1 saturated heterocycles. The van der Waals surface area contributed by atoms with Crippen LogP contribution in [-0.2, 0) is 0 Å². The molecule has 8 heteroatoms. The summed E-state index contributed by atoms with van der Waals surface area (Å²) in [6.45, 7) is 7.22. The Morgan fingerprint density at radius 1 is 1.03 bits per heavy atom. The number of nitrogens with two attached hydrogens (primary N) is 1. The van der Waals surface area contributed by atoms with Crippen molar-refractivity contribution >= 4 is 29.0 Å². The lowest BCUT2D eigenvalue weighted by atomic mass is 9.89. The van der Waals surface area contributed by atoms with Gasteiger partial charge in [-0.15, -0.1) is 0 Å². The molecular formula is C27H32N6O2. The summed E-state index contributed by atoms with van der Waals surface area (Å²) < 4.78 is 0. The number of nitrogens with zero attached hydrogens (tertiary/aromatic N) is 3. The van der Waals surface area contributed by atoms with Crippen LogP contribution in [-0.4, -0.2) is 45.8 Å². The van der Waals surface area contributed by atoms with Crippen LogP contribution in [0.4, 0.5) is 17.2 Å². The number of aromatic nitrogens is 2. The maximum atomic E-state index is 13.1. The molecule has 0 radical (unpaired) electrons. The van der Waals surface area contributed by atoms with Gasteiger partial charge >= 0.3 is 0 Å². The average molecular weight is 473 g/mol. The van der Waals surface area contributed by atoms with E-state index in [-0.39, 0.29) is 17.9 Å². The number of anilines is 3. The molecule has 182 valence electrons. The third-order valence-electron chi connectivity index (χ3n) is 6.22. The Morgan fingerprint density at radius 3 is 2.37 bits per heavy atom. The highest BCUT2D eigenvalue weighted by Gasteiger charge is 2.25. The Bertz CT molecular complexity index is 1180. The Labute approximate surface area is 206 Å².